The van der Waals surface area contributed by atoms with Gasteiger partial charge in [-0.05, 0) is 19.8 Å². The van der Waals surface area contributed by atoms with E-state index in [1.807, 2.05) is 13.8 Å². The van der Waals surface area contributed by atoms with Gasteiger partial charge in [0.2, 0.25) is 0 Å². The summed E-state index contributed by atoms with van der Waals surface area (Å²) in [4.78, 5) is 22.6. The Hall–Kier alpha value is -0.860. The summed E-state index contributed by atoms with van der Waals surface area (Å²) < 4.78 is 5.17. The van der Waals surface area contributed by atoms with Crippen molar-refractivity contribution in [2.24, 2.45) is 5.92 Å². The minimum atomic E-state index is -0.611. The van der Waals surface area contributed by atoms with Crippen molar-refractivity contribution in [2.45, 2.75) is 53.1 Å². The number of Topliss-reactive ketones (excluding diaryl/α,β-unsaturated/α-hetero) is 1. The van der Waals surface area contributed by atoms with Crippen LogP contribution in [-0.2, 0) is 14.3 Å². The van der Waals surface area contributed by atoms with Crippen LogP contribution in [0, 0.1) is 5.92 Å². The van der Waals surface area contributed by atoms with Crippen LogP contribution >= 0.6 is 0 Å². The van der Waals surface area contributed by atoms with Crippen molar-refractivity contribution in [1.29, 1.82) is 0 Å². The van der Waals surface area contributed by atoms with Gasteiger partial charge in [0.15, 0.2) is 0 Å². The number of esters is 1. The first-order valence-corrected chi connectivity index (χ1v) is 5.29. The highest BCUT2D eigenvalue weighted by Gasteiger charge is 2.23. The summed E-state index contributed by atoms with van der Waals surface area (Å²) in [5, 5.41) is 0. The van der Waals surface area contributed by atoms with Crippen LogP contribution < -0.4 is 0 Å². The fraction of sp³-hybridized carbons (Fsp3) is 0.818. The Morgan fingerprint density at radius 3 is 2.00 bits per heavy atom. The average Bonchev–Trinajstić information content (AvgIpc) is 2.23. The molecule has 0 N–H and O–H groups in total. The molecule has 0 aromatic carbocycles. The van der Waals surface area contributed by atoms with E-state index in [2.05, 4.69) is 0 Å². The minimum absolute atomic E-state index is 0.0467. The molecule has 1 unspecified atom stereocenters. The first-order chi connectivity index (χ1) is 6.56. The molecule has 82 valence electrons. The van der Waals surface area contributed by atoms with Crippen molar-refractivity contribution in [3.63, 3.8) is 0 Å². The van der Waals surface area contributed by atoms with Crippen LogP contribution in [0.15, 0.2) is 0 Å². The number of hydrogen-bond acceptors (Lipinski definition) is 3. The van der Waals surface area contributed by atoms with Crippen molar-refractivity contribution in [3.8, 4) is 0 Å². The number of rotatable bonds is 6. The van der Waals surface area contributed by atoms with Crippen molar-refractivity contribution in [3.05, 3.63) is 0 Å². The molecule has 0 fully saturated rings. The predicted octanol–water partition coefficient (Wildman–Crippen LogP) is 2.33. The molecule has 0 radical (unpaired) electrons. The maximum Gasteiger partial charge on any atom is 0.316 e. The fourth-order valence-electron chi connectivity index (χ4n) is 1.16. The summed E-state index contributed by atoms with van der Waals surface area (Å²) in [7, 11) is 0. The lowest BCUT2D eigenvalue weighted by molar-refractivity contribution is -0.156. The van der Waals surface area contributed by atoms with Gasteiger partial charge in [-0.3, -0.25) is 9.59 Å². The summed E-state index contributed by atoms with van der Waals surface area (Å²) in [6.45, 7) is 7.29. The third kappa shape index (κ3) is 3.90. The molecule has 3 heteroatoms. The molecule has 1 atom stereocenters. The molecule has 0 aliphatic carbocycles. The summed E-state index contributed by atoms with van der Waals surface area (Å²) in [6.07, 6.45) is 1.94. The van der Waals surface area contributed by atoms with Crippen molar-refractivity contribution in [1.82, 2.24) is 0 Å². The largest absolute Gasteiger partial charge is 0.462 e. The van der Waals surface area contributed by atoms with Crippen LogP contribution in [0.4, 0.5) is 0 Å². The fourth-order valence-corrected chi connectivity index (χ4v) is 1.16. The van der Waals surface area contributed by atoms with Gasteiger partial charge in [0.25, 0.3) is 0 Å². The zero-order valence-corrected chi connectivity index (χ0v) is 9.50. The highest BCUT2D eigenvalue weighted by Crippen LogP contribution is 2.09. The van der Waals surface area contributed by atoms with Gasteiger partial charge in [-0.15, -0.1) is 0 Å². The normalized spacial score (nSPS) is 12.6. The number of ketones is 1. The molecule has 0 aliphatic rings. The lowest BCUT2D eigenvalue weighted by Crippen LogP contribution is -2.26. The molecule has 0 amide bonds. The summed E-state index contributed by atoms with van der Waals surface area (Å²) >= 11 is 0. The van der Waals surface area contributed by atoms with Crippen LogP contribution in [0.3, 0.4) is 0 Å². The Morgan fingerprint density at radius 2 is 1.64 bits per heavy atom. The summed E-state index contributed by atoms with van der Waals surface area (Å²) in [5.74, 6) is -1.05. The van der Waals surface area contributed by atoms with E-state index in [1.165, 1.54) is 0 Å². The Morgan fingerprint density at radius 1 is 1.14 bits per heavy atom. The van der Waals surface area contributed by atoms with Gasteiger partial charge in [0, 0.05) is 6.42 Å². The van der Waals surface area contributed by atoms with Gasteiger partial charge in [0.05, 0.1) is 0 Å². The Labute approximate surface area is 85.8 Å². The number of ether oxygens (including phenoxy) is 1. The molecule has 14 heavy (non-hydrogen) atoms. The zero-order chi connectivity index (χ0) is 11.1. The molecule has 0 saturated heterocycles. The molecule has 0 rings (SSSR count). The van der Waals surface area contributed by atoms with Gasteiger partial charge < -0.3 is 4.74 Å². The van der Waals surface area contributed by atoms with Crippen molar-refractivity contribution < 1.29 is 14.3 Å². The Kier molecular flexibility index (Phi) is 6.17. The lowest BCUT2D eigenvalue weighted by Gasteiger charge is -2.16. The van der Waals surface area contributed by atoms with Crippen LogP contribution in [-0.4, -0.2) is 17.9 Å². The van der Waals surface area contributed by atoms with Gasteiger partial charge in [-0.25, -0.2) is 0 Å². The minimum Gasteiger partial charge on any atom is -0.462 e. The molecule has 0 saturated carbocycles. The number of carbonyl (C=O) groups excluding carboxylic acids is 2. The van der Waals surface area contributed by atoms with Crippen LogP contribution in [0.2, 0.25) is 0 Å². The lowest BCUT2D eigenvalue weighted by atomic mass is 10.1. The third-order valence-electron chi connectivity index (χ3n) is 2.38. The maximum absolute atomic E-state index is 11.4. The molecule has 0 aromatic heterocycles. The summed E-state index contributed by atoms with van der Waals surface area (Å²) in [6, 6.07) is 0. The first-order valence-electron chi connectivity index (χ1n) is 5.29. The predicted molar refractivity (Wildman–Crippen MR) is 54.9 cm³/mol. The summed E-state index contributed by atoms with van der Waals surface area (Å²) in [5.41, 5.74) is 0. The average molecular weight is 200 g/mol. The SMILES string of the molecule is CCC(=O)C(C)C(=O)OC(CC)CC. The van der Waals surface area contributed by atoms with E-state index >= 15 is 0 Å². The molecule has 0 heterocycles. The standard InChI is InChI=1S/C11H20O3/c1-5-9(6-2)14-11(13)8(4)10(12)7-3/h8-9H,5-7H2,1-4H3. The smallest absolute Gasteiger partial charge is 0.316 e. The van der Waals surface area contributed by atoms with Crippen LogP contribution in [0.5, 0.6) is 0 Å². The first kappa shape index (κ1) is 13.1. The highest BCUT2D eigenvalue weighted by molar-refractivity contribution is 5.98. The van der Waals surface area contributed by atoms with E-state index in [4.69, 9.17) is 4.74 Å². The van der Waals surface area contributed by atoms with Gasteiger partial charge >= 0.3 is 5.97 Å². The second kappa shape index (κ2) is 6.57. The third-order valence-corrected chi connectivity index (χ3v) is 2.38. The molecule has 0 aromatic rings. The Bertz CT molecular complexity index is 195. The topological polar surface area (TPSA) is 43.4 Å². The van der Waals surface area contributed by atoms with E-state index in [1.54, 1.807) is 13.8 Å². The van der Waals surface area contributed by atoms with E-state index in [-0.39, 0.29) is 17.9 Å². The quantitative estimate of drug-likeness (QED) is 0.488. The Balaban J connectivity index is 4.12. The monoisotopic (exact) mass is 200 g/mol. The van der Waals surface area contributed by atoms with E-state index in [0.717, 1.165) is 12.8 Å². The molecule has 3 nitrogen and oxygen atoms in total. The van der Waals surface area contributed by atoms with Gasteiger partial charge in [-0.2, -0.15) is 0 Å². The van der Waals surface area contributed by atoms with E-state index in [9.17, 15) is 9.59 Å². The van der Waals surface area contributed by atoms with Crippen LogP contribution in [0.1, 0.15) is 47.0 Å². The molecule has 0 aliphatic heterocycles. The molecular weight excluding hydrogens is 180 g/mol. The zero-order valence-electron chi connectivity index (χ0n) is 9.50. The molecule has 0 spiro atoms. The van der Waals surface area contributed by atoms with Crippen molar-refractivity contribution in [2.75, 3.05) is 0 Å². The van der Waals surface area contributed by atoms with Gasteiger partial charge in [-0.1, -0.05) is 20.8 Å². The second-order valence-corrected chi connectivity index (χ2v) is 3.42. The second-order valence-electron chi connectivity index (χ2n) is 3.42. The molecular formula is C11H20O3. The number of hydrogen-bond donors (Lipinski definition) is 0. The van der Waals surface area contributed by atoms with E-state index in [0.29, 0.717) is 6.42 Å². The maximum atomic E-state index is 11.4. The highest BCUT2D eigenvalue weighted by atomic mass is 16.5. The van der Waals surface area contributed by atoms with E-state index < -0.39 is 5.92 Å². The van der Waals surface area contributed by atoms with Crippen molar-refractivity contribution >= 4 is 11.8 Å². The van der Waals surface area contributed by atoms with Gasteiger partial charge in [0.1, 0.15) is 17.8 Å². The molecule has 0 bridgehead atoms. The van der Waals surface area contributed by atoms with Crippen LogP contribution in [0.25, 0.3) is 0 Å². The number of carbonyl (C=O) groups is 2.